The molecule has 0 heterocycles. The Bertz CT molecular complexity index is 784. The lowest BCUT2D eigenvalue weighted by Gasteiger charge is -2.35. The first kappa shape index (κ1) is 16.4. The fourth-order valence-corrected chi connectivity index (χ4v) is 6.11. The van der Waals surface area contributed by atoms with E-state index in [1.54, 1.807) is 0 Å². The molecule has 0 N–H and O–H groups in total. The third-order valence-electron chi connectivity index (χ3n) is 5.94. The summed E-state index contributed by atoms with van der Waals surface area (Å²) in [7, 11) is -3.21. The predicted octanol–water partition coefficient (Wildman–Crippen LogP) is 3.43. The van der Waals surface area contributed by atoms with Crippen LogP contribution in [0.4, 0.5) is 0 Å². The molecule has 0 aromatic heterocycles. The SMILES string of the molecule is Cc1ccc(/C=C2/C(=O)C3(CS(C)(=O)=O)CCC2C3(C)C)cc1. The molecule has 0 amide bonds. The van der Waals surface area contributed by atoms with E-state index in [2.05, 4.69) is 13.8 Å². The topological polar surface area (TPSA) is 51.2 Å². The first-order chi connectivity index (χ1) is 10.6. The summed E-state index contributed by atoms with van der Waals surface area (Å²) in [6.45, 7) is 6.15. The summed E-state index contributed by atoms with van der Waals surface area (Å²) in [6, 6.07) is 8.08. The Kier molecular flexibility index (Phi) is 3.60. The molecular weight excluding hydrogens is 308 g/mol. The quantitative estimate of drug-likeness (QED) is 0.797. The van der Waals surface area contributed by atoms with Gasteiger partial charge in [-0.3, -0.25) is 4.79 Å². The fraction of sp³-hybridized carbons (Fsp3) is 0.526. The first-order valence-electron chi connectivity index (χ1n) is 8.08. The average Bonchev–Trinajstić information content (AvgIpc) is 2.74. The predicted molar refractivity (Wildman–Crippen MR) is 92.8 cm³/mol. The highest BCUT2D eigenvalue weighted by Gasteiger charge is 2.67. The highest BCUT2D eigenvalue weighted by Crippen LogP contribution is 2.66. The molecule has 0 aliphatic heterocycles. The van der Waals surface area contributed by atoms with Gasteiger partial charge in [-0.1, -0.05) is 43.7 Å². The van der Waals surface area contributed by atoms with Crippen molar-refractivity contribution in [2.75, 3.05) is 12.0 Å². The maximum atomic E-state index is 13.1. The van der Waals surface area contributed by atoms with Crippen LogP contribution in [0.5, 0.6) is 0 Å². The number of rotatable bonds is 3. The van der Waals surface area contributed by atoms with E-state index in [0.29, 0.717) is 6.42 Å². The summed E-state index contributed by atoms with van der Waals surface area (Å²) in [6.07, 6.45) is 4.78. The van der Waals surface area contributed by atoms with Gasteiger partial charge in [-0.15, -0.1) is 0 Å². The lowest BCUT2D eigenvalue weighted by atomic mass is 9.70. The van der Waals surface area contributed by atoms with Gasteiger partial charge in [-0.2, -0.15) is 0 Å². The summed E-state index contributed by atoms with van der Waals surface area (Å²) in [5.74, 6) is 0.163. The van der Waals surface area contributed by atoms with Crippen LogP contribution in [0.15, 0.2) is 29.8 Å². The van der Waals surface area contributed by atoms with E-state index in [1.807, 2.05) is 37.3 Å². The fourth-order valence-electron chi connectivity index (χ4n) is 4.57. The third kappa shape index (κ3) is 2.47. The van der Waals surface area contributed by atoms with E-state index in [0.717, 1.165) is 17.6 Å². The number of allylic oxidation sites excluding steroid dienone is 1. The highest BCUT2D eigenvalue weighted by atomic mass is 32.2. The molecule has 1 aromatic rings. The largest absolute Gasteiger partial charge is 0.294 e. The molecule has 0 saturated heterocycles. The van der Waals surface area contributed by atoms with Crippen LogP contribution >= 0.6 is 0 Å². The van der Waals surface area contributed by atoms with Crippen molar-refractivity contribution < 1.29 is 13.2 Å². The molecule has 3 nitrogen and oxygen atoms in total. The summed E-state index contributed by atoms with van der Waals surface area (Å²) < 4.78 is 23.9. The van der Waals surface area contributed by atoms with Crippen LogP contribution in [-0.2, 0) is 14.6 Å². The van der Waals surface area contributed by atoms with Crippen molar-refractivity contribution in [2.24, 2.45) is 16.7 Å². The Hall–Kier alpha value is -1.42. The van der Waals surface area contributed by atoms with Gasteiger partial charge in [0.05, 0.1) is 11.2 Å². The molecule has 1 aromatic carbocycles. The molecule has 2 saturated carbocycles. The molecule has 2 fully saturated rings. The summed E-state index contributed by atoms with van der Waals surface area (Å²) in [5, 5.41) is 0. The number of carbonyl (C=O) groups is 1. The summed E-state index contributed by atoms with van der Waals surface area (Å²) in [5.41, 5.74) is 1.96. The molecule has 124 valence electrons. The molecular formula is C19H24O3S. The van der Waals surface area contributed by atoms with Crippen molar-refractivity contribution in [1.29, 1.82) is 0 Å². The van der Waals surface area contributed by atoms with Gasteiger partial charge in [0.2, 0.25) is 0 Å². The molecule has 0 radical (unpaired) electrons. The minimum absolute atomic E-state index is 0.0342. The number of ketones is 1. The van der Waals surface area contributed by atoms with Crippen LogP contribution < -0.4 is 0 Å². The zero-order chi connectivity index (χ0) is 17.0. The van der Waals surface area contributed by atoms with E-state index in [1.165, 1.54) is 11.8 Å². The maximum absolute atomic E-state index is 13.1. The normalized spacial score (nSPS) is 31.0. The Labute approximate surface area is 138 Å². The first-order valence-corrected chi connectivity index (χ1v) is 10.1. The number of aryl methyl sites for hydroxylation is 1. The van der Waals surface area contributed by atoms with Gasteiger partial charge < -0.3 is 0 Å². The van der Waals surface area contributed by atoms with Gasteiger partial charge in [0.1, 0.15) is 9.84 Å². The lowest BCUT2D eigenvalue weighted by Crippen LogP contribution is -2.42. The van der Waals surface area contributed by atoms with Gasteiger partial charge in [-0.05, 0) is 42.7 Å². The van der Waals surface area contributed by atoms with Gasteiger partial charge in [-0.25, -0.2) is 8.42 Å². The molecule has 2 atom stereocenters. The molecule has 2 unspecified atom stereocenters. The molecule has 0 spiro atoms. The number of fused-ring (bicyclic) bond motifs is 2. The van der Waals surface area contributed by atoms with Crippen molar-refractivity contribution in [3.63, 3.8) is 0 Å². The Morgan fingerprint density at radius 3 is 2.39 bits per heavy atom. The maximum Gasteiger partial charge on any atom is 0.166 e. The van der Waals surface area contributed by atoms with E-state index in [-0.39, 0.29) is 22.9 Å². The second-order valence-corrected chi connectivity index (χ2v) is 9.94. The minimum atomic E-state index is -3.21. The van der Waals surface area contributed by atoms with Gasteiger partial charge in [0.15, 0.2) is 5.78 Å². The Morgan fingerprint density at radius 2 is 1.83 bits per heavy atom. The Morgan fingerprint density at radius 1 is 1.22 bits per heavy atom. The average molecular weight is 332 g/mol. The second kappa shape index (κ2) is 5.04. The summed E-state index contributed by atoms with van der Waals surface area (Å²) >= 11 is 0. The van der Waals surface area contributed by atoms with E-state index in [4.69, 9.17) is 0 Å². The smallest absolute Gasteiger partial charge is 0.166 e. The minimum Gasteiger partial charge on any atom is -0.294 e. The van der Waals surface area contributed by atoms with Crippen LogP contribution in [0.3, 0.4) is 0 Å². The number of hydrogen-bond donors (Lipinski definition) is 0. The van der Waals surface area contributed by atoms with Crippen LogP contribution in [0.2, 0.25) is 0 Å². The second-order valence-electron chi connectivity index (χ2n) is 7.80. The molecule has 2 aliphatic carbocycles. The van der Waals surface area contributed by atoms with Crippen molar-refractivity contribution in [2.45, 2.75) is 33.6 Å². The monoisotopic (exact) mass is 332 g/mol. The molecule has 2 bridgehead atoms. The number of carbonyl (C=O) groups excluding carboxylic acids is 1. The Balaban J connectivity index is 2.06. The van der Waals surface area contributed by atoms with Crippen molar-refractivity contribution in [3.05, 3.63) is 41.0 Å². The number of Topliss-reactive ketones (excluding diaryl/α,β-unsaturated/α-hetero) is 1. The molecule has 3 rings (SSSR count). The van der Waals surface area contributed by atoms with Crippen LogP contribution in [0.25, 0.3) is 6.08 Å². The van der Waals surface area contributed by atoms with Crippen molar-refractivity contribution in [1.82, 2.24) is 0 Å². The van der Waals surface area contributed by atoms with Gasteiger partial charge in [0.25, 0.3) is 0 Å². The highest BCUT2D eigenvalue weighted by molar-refractivity contribution is 7.90. The van der Waals surface area contributed by atoms with E-state index < -0.39 is 15.3 Å². The molecule has 4 heteroatoms. The van der Waals surface area contributed by atoms with Crippen LogP contribution in [-0.4, -0.2) is 26.2 Å². The zero-order valence-corrected chi connectivity index (χ0v) is 15.0. The third-order valence-corrected chi connectivity index (χ3v) is 6.96. The van der Waals surface area contributed by atoms with Gasteiger partial charge in [0, 0.05) is 11.8 Å². The molecule has 23 heavy (non-hydrogen) atoms. The molecule has 2 aliphatic rings. The number of hydrogen-bond acceptors (Lipinski definition) is 3. The standard InChI is InChI=1S/C19H24O3S/c1-13-5-7-14(8-6-13)11-15-16-9-10-19(17(15)20,18(16,2)3)12-23(4,21)22/h5-8,11,16H,9-10,12H2,1-4H3/b15-11+. The van der Waals surface area contributed by atoms with Crippen molar-refractivity contribution >= 4 is 21.7 Å². The van der Waals surface area contributed by atoms with Crippen LogP contribution in [0.1, 0.15) is 37.8 Å². The number of benzene rings is 1. The van der Waals surface area contributed by atoms with Crippen LogP contribution in [0, 0.1) is 23.7 Å². The van der Waals surface area contributed by atoms with Crippen molar-refractivity contribution in [3.8, 4) is 0 Å². The van der Waals surface area contributed by atoms with Gasteiger partial charge >= 0.3 is 0 Å². The van der Waals surface area contributed by atoms with E-state index >= 15 is 0 Å². The summed E-state index contributed by atoms with van der Waals surface area (Å²) in [4.78, 5) is 13.1. The number of sulfone groups is 1. The zero-order valence-electron chi connectivity index (χ0n) is 14.2. The lowest BCUT2D eigenvalue weighted by molar-refractivity contribution is -0.125. The van der Waals surface area contributed by atoms with E-state index in [9.17, 15) is 13.2 Å².